The van der Waals surface area contributed by atoms with Gasteiger partial charge in [-0.05, 0) is 43.4 Å². The van der Waals surface area contributed by atoms with Crippen molar-refractivity contribution in [2.24, 2.45) is 17.4 Å². The van der Waals surface area contributed by atoms with E-state index in [0.29, 0.717) is 17.0 Å². The maximum Gasteiger partial charge on any atom is 0.247 e. The molecule has 1 aliphatic rings. The van der Waals surface area contributed by atoms with Crippen LogP contribution in [0.25, 0.3) is 0 Å². The van der Waals surface area contributed by atoms with Crippen molar-refractivity contribution in [3.63, 3.8) is 0 Å². The number of nitrogens with two attached hydrogens (primary N) is 2. The number of amides is 2. The van der Waals surface area contributed by atoms with Crippen LogP contribution in [0.15, 0.2) is 24.3 Å². The van der Waals surface area contributed by atoms with E-state index in [2.05, 4.69) is 5.32 Å². The average molecular weight is 324 g/mol. The fraction of sp³-hybridized carbons (Fsp3) is 0.500. The third-order valence-electron chi connectivity index (χ3n) is 4.45. The fourth-order valence-corrected chi connectivity index (χ4v) is 3.15. The second kappa shape index (κ2) is 6.67. The molecule has 3 atom stereocenters. The van der Waals surface area contributed by atoms with Gasteiger partial charge in [-0.2, -0.15) is 0 Å². The molecule has 1 aliphatic carbocycles. The number of carbonyl (C=O) groups is 2. The first-order chi connectivity index (χ1) is 10.3. The molecule has 0 heterocycles. The maximum absolute atomic E-state index is 12.3. The zero-order valence-corrected chi connectivity index (χ0v) is 13.4. The first-order valence-corrected chi connectivity index (χ1v) is 7.83. The molecule has 5 nitrogen and oxygen atoms in total. The molecule has 0 spiro atoms. The van der Waals surface area contributed by atoms with E-state index in [1.807, 2.05) is 0 Å². The number of halogens is 1. The Hall–Kier alpha value is -1.59. The van der Waals surface area contributed by atoms with Crippen LogP contribution in [0.5, 0.6) is 0 Å². The second-order valence-corrected chi connectivity index (χ2v) is 6.54. The Bertz CT molecular complexity index is 578. The molecule has 1 unspecified atom stereocenters. The van der Waals surface area contributed by atoms with Crippen LogP contribution < -0.4 is 16.8 Å². The van der Waals surface area contributed by atoms with Gasteiger partial charge in [0.2, 0.25) is 11.8 Å². The average Bonchev–Trinajstić information content (AvgIpc) is 2.83. The number of rotatable bonds is 5. The van der Waals surface area contributed by atoms with Crippen LogP contribution in [0.4, 0.5) is 0 Å². The Labute approximate surface area is 135 Å². The van der Waals surface area contributed by atoms with Gasteiger partial charge in [-0.25, -0.2) is 0 Å². The lowest BCUT2D eigenvalue weighted by atomic mass is 9.90. The number of carbonyl (C=O) groups excluding carboxylic acids is 2. The normalized spacial score (nSPS) is 23.8. The van der Waals surface area contributed by atoms with Crippen molar-refractivity contribution in [2.45, 2.75) is 44.2 Å². The van der Waals surface area contributed by atoms with Gasteiger partial charge in [0, 0.05) is 17.5 Å². The molecule has 2 rings (SSSR count). The number of nitrogens with one attached hydrogen (secondary N) is 1. The Morgan fingerprint density at radius 3 is 2.68 bits per heavy atom. The van der Waals surface area contributed by atoms with Crippen LogP contribution in [-0.4, -0.2) is 17.9 Å². The van der Waals surface area contributed by atoms with E-state index in [1.54, 1.807) is 31.2 Å². The Morgan fingerprint density at radius 1 is 1.41 bits per heavy atom. The summed E-state index contributed by atoms with van der Waals surface area (Å²) in [6.45, 7) is 1.59. The molecule has 120 valence electrons. The van der Waals surface area contributed by atoms with E-state index < -0.39 is 11.4 Å². The van der Waals surface area contributed by atoms with Gasteiger partial charge in [-0.15, -0.1) is 0 Å². The van der Waals surface area contributed by atoms with Crippen LogP contribution in [0, 0.1) is 5.92 Å². The Balaban J connectivity index is 2.14. The molecule has 1 fully saturated rings. The standard InChI is InChI=1S/C16H22ClN3O2/c1-16(15(19)22,11-5-3-6-12(17)9-11)20-14(21)8-10-4-2-7-13(10)18/h3,5-6,9-10,13H,2,4,7-8,18H2,1H3,(H2,19,22)(H,20,21)/t10-,13+,16?/m0/s1. The molecular weight excluding hydrogens is 302 g/mol. The molecule has 6 heteroatoms. The lowest BCUT2D eigenvalue weighted by molar-refractivity contribution is -0.131. The minimum Gasteiger partial charge on any atom is -0.367 e. The van der Waals surface area contributed by atoms with E-state index in [9.17, 15) is 9.59 Å². The molecule has 1 saturated carbocycles. The summed E-state index contributed by atoms with van der Waals surface area (Å²) in [5.41, 5.74) is 10.8. The molecule has 1 aromatic carbocycles. The lowest BCUT2D eigenvalue weighted by Crippen LogP contribution is -2.53. The van der Waals surface area contributed by atoms with Crippen molar-refractivity contribution in [2.75, 3.05) is 0 Å². The van der Waals surface area contributed by atoms with Crippen LogP contribution in [0.2, 0.25) is 5.02 Å². The van der Waals surface area contributed by atoms with Crippen molar-refractivity contribution in [3.05, 3.63) is 34.9 Å². The maximum atomic E-state index is 12.3. The van der Waals surface area contributed by atoms with Crippen molar-refractivity contribution in [1.82, 2.24) is 5.32 Å². The molecule has 22 heavy (non-hydrogen) atoms. The molecule has 5 N–H and O–H groups in total. The quantitative estimate of drug-likeness (QED) is 0.768. The van der Waals surface area contributed by atoms with Gasteiger partial charge in [0.05, 0.1) is 0 Å². The van der Waals surface area contributed by atoms with Crippen LogP contribution >= 0.6 is 11.6 Å². The van der Waals surface area contributed by atoms with E-state index in [1.165, 1.54) is 0 Å². The predicted octanol–water partition coefficient (Wildman–Crippen LogP) is 1.67. The highest BCUT2D eigenvalue weighted by Crippen LogP contribution is 2.28. The summed E-state index contributed by atoms with van der Waals surface area (Å²) in [5, 5.41) is 3.24. The summed E-state index contributed by atoms with van der Waals surface area (Å²) in [6.07, 6.45) is 3.24. The SMILES string of the molecule is CC(NC(=O)C[C@@H]1CCC[C@H]1N)(C(N)=O)c1cccc(Cl)c1. The van der Waals surface area contributed by atoms with E-state index in [-0.39, 0.29) is 17.9 Å². The summed E-state index contributed by atoms with van der Waals surface area (Å²) in [4.78, 5) is 24.2. The van der Waals surface area contributed by atoms with Gasteiger partial charge in [0.15, 0.2) is 0 Å². The first kappa shape index (κ1) is 16.8. The molecular formula is C16H22ClN3O2. The molecule has 1 aromatic rings. The smallest absolute Gasteiger partial charge is 0.247 e. The van der Waals surface area contributed by atoms with Crippen molar-refractivity contribution < 1.29 is 9.59 Å². The van der Waals surface area contributed by atoms with Gasteiger partial charge >= 0.3 is 0 Å². The zero-order chi connectivity index (χ0) is 16.3. The van der Waals surface area contributed by atoms with Gasteiger partial charge in [0.25, 0.3) is 0 Å². The van der Waals surface area contributed by atoms with Crippen LogP contribution in [0.1, 0.15) is 38.2 Å². The van der Waals surface area contributed by atoms with Crippen LogP contribution in [-0.2, 0) is 15.1 Å². The monoisotopic (exact) mass is 323 g/mol. The van der Waals surface area contributed by atoms with Crippen molar-refractivity contribution >= 4 is 23.4 Å². The summed E-state index contributed by atoms with van der Waals surface area (Å²) in [7, 11) is 0. The topological polar surface area (TPSA) is 98.2 Å². The second-order valence-electron chi connectivity index (χ2n) is 6.11. The number of primary amides is 1. The molecule has 2 amide bonds. The number of benzene rings is 1. The first-order valence-electron chi connectivity index (χ1n) is 7.45. The van der Waals surface area contributed by atoms with E-state index in [4.69, 9.17) is 23.1 Å². The minimum atomic E-state index is -1.29. The van der Waals surface area contributed by atoms with Crippen LogP contribution in [0.3, 0.4) is 0 Å². The third-order valence-corrected chi connectivity index (χ3v) is 4.68. The largest absolute Gasteiger partial charge is 0.367 e. The minimum absolute atomic E-state index is 0.0525. The van der Waals surface area contributed by atoms with E-state index >= 15 is 0 Å². The number of hydrogen-bond donors (Lipinski definition) is 3. The van der Waals surface area contributed by atoms with Gasteiger partial charge in [-0.3, -0.25) is 9.59 Å². The number of hydrogen-bond acceptors (Lipinski definition) is 3. The Kier molecular flexibility index (Phi) is 5.08. The summed E-state index contributed by atoms with van der Waals surface area (Å²) in [6, 6.07) is 6.83. The molecule has 0 saturated heterocycles. The molecule has 0 aliphatic heterocycles. The molecule has 0 radical (unpaired) electrons. The fourth-order valence-electron chi connectivity index (χ4n) is 2.96. The zero-order valence-electron chi connectivity index (χ0n) is 12.6. The van der Waals surface area contributed by atoms with E-state index in [0.717, 1.165) is 19.3 Å². The molecule has 0 bridgehead atoms. The highest BCUT2D eigenvalue weighted by Gasteiger charge is 2.36. The highest BCUT2D eigenvalue weighted by atomic mass is 35.5. The highest BCUT2D eigenvalue weighted by molar-refractivity contribution is 6.30. The van der Waals surface area contributed by atoms with Gasteiger partial charge < -0.3 is 16.8 Å². The van der Waals surface area contributed by atoms with Gasteiger partial charge in [-0.1, -0.05) is 30.2 Å². The van der Waals surface area contributed by atoms with Gasteiger partial charge in [0.1, 0.15) is 5.54 Å². The summed E-state index contributed by atoms with van der Waals surface area (Å²) >= 11 is 5.97. The molecule has 0 aromatic heterocycles. The third kappa shape index (κ3) is 3.59. The Morgan fingerprint density at radius 2 is 2.14 bits per heavy atom. The van der Waals surface area contributed by atoms with Crippen molar-refractivity contribution in [1.29, 1.82) is 0 Å². The lowest BCUT2D eigenvalue weighted by Gasteiger charge is -2.29. The van der Waals surface area contributed by atoms with Crippen molar-refractivity contribution in [3.8, 4) is 0 Å². The predicted molar refractivity (Wildman–Crippen MR) is 86.1 cm³/mol. The summed E-state index contributed by atoms with van der Waals surface area (Å²) < 4.78 is 0. The summed E-state index contributed by atoms with van der Waals surface area (Å²) in [5.74, 6) is -0.682.